The second kappa shape index (κ2) is 9.34. The molecule has 2 nitrogen and oxygen atoms in total. The molecule has 2 heteroatoms. The van der Waals surface area contributed by atoms with Gasteiger partial charge >= 0.3 is 0 Å². The molecule has 0 aliphatic carbocycles. The van der Waals surface area contributed by atoms with E-state index in [9.17, 15) is 0 Å². The molecule has 39 heavy (non-hydrogen) atoms. The highest BCUT2D eigenvalue weighted by Crippen LogP contribution is 2.37. The molecule has 0 saturated carbocycles. The summed E-state index contributed by atoms with van der Waals surface area (Å²) in [5.74, 6) is 0. The van der Waals surface area contributed by atoms with Crippen molar-refractivity contribution in [3.05, 3.63) is 151 Å². The third kappa shape index (κ3) is 3.72. The van der Waals surface area contributed by atoms with E-state index >= 15 is 0 Å². The van der Waals surface area contributed by atoms with Crippen molar-refractivity contribution >= 4 is 38.8 Å². The van der Waals surface area contributed by atoms with Crippen molar-refractivity contribution in [2.45, 2.75) is 6.92 Å². The fraction of sp³-hybridized carbons (Fsp3) is 0.0270. The van der Waals surface area contributed by atoms with Gasteiger partial charge in [0.25, 0.3) is 0 Å². The van der Waals surface area contributed by atoms with Gasteiger partial charge in [0.1, 0.15) is 0 Å². The summed E-state index contributed by atoms with van der Waals surface area (Å²) in [6, 6.07) is 43.6. The summed E-state index contributed by atoms with van der Waals surface area (Å²) in [6.07, 6.45) is 6.02. The molecular formula is C37H28N2. The molecular weight excluding hydrogens is 472 g/mol. The second-order valence-corrected chi connectivity index (χ2v) is 9.93. The van der Waals surface area contributed by atoms with Crippen LogP contribution in [0.1, 0.15) is 11.3 Å². The molecule has 0 amide bonds. The molecule has 7 rings (SSSR count). The Bertz CT molecular complexity index is 1980. The van der Waals surface area contributed by atoms with Gasteiger partial charge in [-0.25, -0.2) is 0 Å². The fourth-order valence-electron chi connectivity index (χ4n) is 5.91. The Morgan fingerprint density at radius 3 is 1.67 bits per heavy atom. The predicted octanol–water partition coefficient (Wildman–Crippen LogP) is 9.90. The Kier molecular flexibility index (Phi) is 5.53. The highest BCUT2D eigenvalue weighted by molar-refractivity contribution is 6.09. The van der Waals surface area contributed by atoms with Crippen molar-refractivity contribution in [3.8, 4) is 22.5 Å². The summed E-state index contributed by atoms with van der Waals surface area (Å²) in [5, 5.41) is 3.78. The topological polar surface area (TPSA) is 9.86 Å². The van der Waals surface area contributed by atoms with Crippen LogP contribution in [0.15, 0.2) is 140 Å². The van der Waals surface area contributed by atoms with Crippen molar-refractivity contribution in [2.24, 2.45) is 0 Å². The lowest BCUT2D eigenvalue weighted by atomic mass is 10.0. The van der Waals surface area contributed by atoms with Gasteiger partial charge < -0.3 is 9.13 Å². The third-order valence-electron chi connectivity index (χ3n) is 7.67. The first-order chi connectivity index (χ1) is 19.2. The number of nitrogens with zero attached hydrogens (tertiary/aromatic N) is 2. The number of aromatic nitrogens is 2. The van der Waals surface area contributed by atoms with Crippen molar-refractivity contribution in [3.63, 3.8) is 0 Å². The van der Waals surface area contributed by atoms with Crippen LogP contribution in [0, 0.1) is 6.92 Å². The zero-order chi connectivity index (χ0) is 26.3. The van der Waals surface area contributed by atoms with Gasteiger partial charge in [0.05, 0.1) is 16.6 Å². The maximum absolute atomic E-state index is 3.92. The molecule has 0 atom stereocenters. The van der Waals surface area contributed by atoms with Gasteiger partial charge in [0, 0.05) is 33.2 Å². The fourth-order valence-corrected chi connectivity index (χ4v) is 5.91. The van der Waals surface area contributed by atoms with Gasteiger partial charge in [-0.05, 0) is 66.1 Å². The van der Waals surface area contributed by atoms with E-state index in [0.29, 0.717) is 0 Å². The van der Waals surface area contributed by atoms with E-state index in [4.69, 9.17) is 0 Å². The standard InChI is InChI=1S/C37H28N2/c1-3-4-19-34-26(2)31-16-8-11-20-35(31)38(34)29-23-28(27-14-6-5-7-15-27)24-30(25-29)39-36-21-12-9-17-32(36)33-18-10-13-22-37(33)39/h3-25H,1H2,2H3/b19-4-. The van der Waals surface area contributed by atoms with E-state index in [-0.39, 0.29) is 0 Å². The summed E-state index contributed by atoms with van der Waals surface area (Å²) in [5.41, 5.74) is 10.7. The minimum Gasteiger partial charge on any atom is -0.309 e. The highest BCUT2D eigenvalue weighted by atomic mass is 15.0. The second-order valence-electron chi connectivity index (χ2n) is 9.93. The summed E-state index contributed by atoms with van der Waals surface area (Å²) in [4.78, 5) is 0. The van der Waals surface area contributed by atoms with Crippen LogP contribution >= 0.6 is 0 Å². The minimum absolute atomic E-state index is 1.13. The predicted molar refractivity (Wildman–Crippen MR) is 167 cm³/mol. The molecule has 0 saturated heterocycles. The maximum Gasteiger partial charge on any atom is 0.0541 e. The molecule has 0 bridgehead atoms. The minimum atomic E-state index is 1.13. The number of rotatable bonds is 5. The van der Waals surface area contributed by atoms with Crippen molar-refractivity contribution in [2.75, 3.05) is 0 Å². The van der Waals surface area contributed by atoms with E-state index in [1.54, 1.807) is 0 Å². The van der Waals surface area contributed by atoms with E-state index in [0.717, 1.165) is 17.1 Å². The van der Waals surface area contributed by atoms with Gasteiger partial charge in [0.15, 0.2) is 0 Å². The van der Waals surface area contributed by atoms with Crippen LogP contribution < -0.4 is 0 Å². The summed E-state index contributed by atoms with van der Waals surface area (Å²) < 4.78 is 4.78. The Labute approximate surface area is 228 Å². The maximum atomic E-state index is 3.92. The van der Waals surface area contributed by atoms with Crippen molar-refractivity contribution < 1.29 is 0 Å². The molecule has 5 aromatic carbocycles. The SMILES string of the molecule is C=C/C=C\c1c(C)c2ccccc2n1-c1cc(-c2ccccc2)cc(-n2c3ccccc3c3ccccc32)c1. The third-order valence-corrected chi connectivity index (χ3v) is 7.67. The molecule has 0 unspecified atom stereocenters. The monoisotopic (exact) mass is 500 g/mol. The smallest absolute Gasteiger partial charge is 0.0541 e. The lowest BCUT2D eigenvalue weighted by Gasteiger charge is -2.16. The summed E-state index contributed by atoms with van der Waals surface area (Å²) in [6.45, 7) is 6.13. The van der Waals surface area contributed by atoms with Crippen LogP contribution in [0.4, 0.5) is 0 Å². The van der Waals surface area contributed by atoms with E-state index < -0.39 is 0 Å². The van der Waals surface area contributed by atoms with E-state index in [1.165, 1.54) is 49.4 Å². The van der Waals surface area contributed by atoms with Gasteiger partial charge in [-0.3, -0.25) is 0 Å². The number of hydrogen-bond donors (Lipinski definition) is 0. The molecule has 186 valence electrons. The number of hydrogen-bond acceptors (Lipinski definition) is 0. The van der Waals surface area contributed by atoms with E-state index in [1.807, 2.05) is 12.2 Å². The molecule has 2 heterocycles. The lowest BCUT2D eigenvalue weighted by molar-refractivity contribution is 1.08. The molecule has 0 radical (unpaired) electrons. The number of aryl methyl sites for hydroxylation is 1. The first-order valence-corrected chi connectivity index (χ1v) is 13.3. The number of allylic oxidation sites excluding steroid dienone is 2. The average Bonchev–Trinajstić information content (AvgIpc) is 3.48. The largest absolute Gasteiger partial charge is 0.309 e. The van der Waals surface area contributed by atoms with Crippen molar-refractivity contribution in [1.82, 2.24) is 9.13 Å². The Balaban J connectivity index is 1.60. The molecule has 2 aromatic heterocycles. The quantitative estimate of drug-likeness (QED) is 0.208. The van der Waals surface area contributed by atoms with Crippen LogP contribution in [0.2, 0.25) is 0 Å². The summed E-state index contributed by atoms with van der Waals surface area (Å²) >= 11 is 0. The molecule has 0 fully saturated rings. The summed E-state index contributed by atoms with van der Waals surface area (Å²) in [7, 11) is 0. The zero-order valence-corrected chi connectivity index (χ0v) is 21.9. The van der Waals surface area contributed by atoms with Gasteiger partial charge in [0.2, 0.25) is 0 Å². The average molecular weight is 501 g/mol. The van der Waals surface area contributed by atoms with Gasteiger partial charge in [-0.1, -0.05) is 104 Å². The van der Waals surface area contributed by atoms with Crippen LogP contribution in [0.25, 0.3) is 61.3 Å². The first kappa shape index (κ1) is 23.1. The van der Waals surface area contributed by atoms with Crippen molar-refractivity contribution in [1.29, 1.82) is 0 Å². The van der Waals surface area contributed by atoms with Crippen LogP contribution in [-0.2, 0) is 0 Å². The van der Waals surface area contributed by atoms with Crippen LogP contribution in [-0.4, -0.2) is 9.13 Å². The van der Waals surface area contributed by atoms with Gasteiger partial charge in [-0.15, -0.1) is 0 Å². The lowest BCUT2D eigenvalue weighted by Crippen LogP contribution is -2.01. The van der Waals surface area contributed by atoms with Crippen LogP contribution in [0.5, 0.6) is 0 Å². The molecule has 0 aliphatic heterocycles. The molecule has 0 N–H and O–H groups in total. The molecule has 7 aromatic rings. The first-order valence-electron chi connectivity index (χ1n) is 13.3. The highest BCUT2D eigenvalue weighted by Gasteiger charge is 2.17. The molecule has 0 aliphatic rings. The number of para-hydroxylation sites is 3. The Morgan fingerprint density at radius 1 is 0.538 bits per heavy atom. The van der Waals surface area contributed by atoms with E-state index in [2.05, 4.69) is 150 Å². The molecule has 0 spiro atoms. The Morgan fingerprint density at radius 2 is 1.05 bits per heavy atom. The van der Waals surface area contributed by atoms with Gasteiger partial charge in [-0.2, -0.15) is 0 Å². The normalized spacial score (nSPS) is 11.7. The zero-order valence-electron chi connectivity index (χ0n) is 21.9. The Hall–Kier alpha value is -5.08. The van der Waals surface area contributed by atoms with Crippen LogP contribution in [0.3, 0.4) is 0 Å². The number of fused-ring (bicyclic) bond motifs is 4. The number of benzene rings is 5.